The first-order chi connectivity index (χ1) is 14.1. The molecule has 148 valence electrons. The van der Waals surface area contributed by atoms with Crippen LogP contribution in [0, 0.1) is 0 Å². The predicted octanol–water partition coefficient (Wildman–Crippen LogP) is 5.11. The van der Waals surface area contributed by atoms with Gasteiger partial charge in [0.15, 0.2) is 0 Å². The Kier molecular flexibility index (Phi) is 5.21. The van der Waals surface area contributed by atoms with Crippen LogP contribution < -0.4 is 5.32 Å². The van der Waals surface area contributed by atoms with Gasteiger partial charge in [-0.15, -0.1) is 0 Å². The number of hydrogen-bond donors (Lipinski definition) is 2. The normalized spacial score (nSPS) is 12.4. The summed E-state index contributed by atoms with van der Waals surface area (Å²) in [6.07, 6.45) is 1.15. The van der Waals surface area contributed by atoms with Gasteiger partial charge < -0.3 is 15.2 Å². The highest BCUT2D eigenvalue weighted by Crippen LogP contribution is 2.36. The maximum Gasteiger partial charge on any atom is 0.407 e. The molecule has 0 saturated heterocycles. The minimum atomic E-state index is -1.08. The van der Waals surface area contributed by atoms with Crippen molar-refractivity contribution in [2.24, 2.45) is 0 Å². The molecular weight excluding hydrogens is 366 g/mol. The Labute approximate surface area is 168 Å². The van der Waals surface area contributed by atoms with Gasteiger partial charge in [0.05, 0.1) is 6.61 Å². The van der Waals surface area contributed by atoms with Gasteiger partial charge in [-0.05, 0) is 44.3 Å². The molecule has 0 aliphatic rings. The summed E-state index contributed by atoms with van der Waals surface area (Å²) in [5.41, 5.74) is 0.886. The van der Waals surface area contributed by atoms with Crippen LogP contribution in [0.3, 0.4) is 0 Å². The molecule has 0 bridgehead atoms. The number of carboxylic acids is 1. The van der Waals surface area contributed by atoms with Gasteiger partial charge in [0.1, 0.15) is 6.04 Å². The topological polar surface area (TPSA) is 75.6 Å². The minimum absolute atomic E-state index is 0.187. The van der Waals surface area contributed by atoms with Gasteiger partial charge in [-0.1, -0.05) is 67.9 Å². The monoisotopic (exact) mass is 389 g/mol. The van der Waals surface area contributed by atoms with Crippen molar-refractivity contribution in [3.8, 4) is 0 Å². The summed E-state index contributed by atoms with van der Waals surface area (Å²) in [5, 5.41) is 18.9. The van der Waals surface area contributed by atoms with Crippen LogP contribution in [0.5, 0.6) is 0 Å². The van der Waals surface area contributed by atoms with Gasteiger partial charge in [0.2, 0.25) is 0 Å². The van der Waals surface area contributed by atoms with Crippen LogP contribution in [0.25, 0.3) is 32.3 Å². The standard InChI is InChI=1S/C24H23NO4/c1-2-3-13-29-24(28)25-20(23(26)27)14-18-10-9-17-8-7-15-5-4-6-16-11-12-19(18)22(17)21(15)16/h4-12,20H,2-3,13-14H2,1H3,(H,25,28)(H,26,27). The molecule has 0 fully saturated rings. The zero-order valence-electron chi connectivity index (χ0n) is 16.3. The Balaban J connectivity index is 1.69. The Morgan fingerprint density at radius 1 is 0.966 bits per heavy atom. The Hall–Kier alpha value is -3.34. The Bertz CT molecular complexity index is 1170. The highest BCUT2D eigenvalue weighted by molar-refractivity contribution is 6.23. The first-order valence-corrected chi connectivity index (χ1v) is 9.90. The van der Waals surface area contributed by atoms with E-state index in [-0.39, 0.29) is 13.0 Å². The number of amides is 1. The van der Waals surface area contributed by atoms with E-state index in [0.29, 0.717) is 0 Å². The molecule has 4 rings (SSSR count). The molecule has 5 heteroatoms. The van der Waals surface area contributed by atoms with Gasteiger partial charge >= 0.3 is 12.1 Å². The summed E-state index contributed by atoms with van der Waals surface area (Å²) in [6.45, 7) is 2.28. The molecule has 1 amide bonds. The molecular formula is C24H23NO4. The molecule has 0 heterocycles. The zero-order valence-corrected chi connectivity index (χ0v) is 16.3. The number of hydrogen-bond acceptors (Lipinski definition) is 3. The van der Waals surface area contributed by atoms with Crippen LogP contribution in [0.2, 0.25) is 0 Å². The van der Waals surface area contributed by atoms with E-state index in [1.54, 1.807) is 0 Å². The molecule has 29 heavy (non-hydrogen) atoms. The molecule has 0 aliphatic carbocycles. The number of carbonyl (C=O) groups excluding carboxylic acids is 1. The first kappa shape index (κ1) is 19.0. The summed E-state index contributed by atoms with van der Waals surface area (Å²) < 4.78 is 5.07. The van der Waals surface area contributed by atoms with E-state index >= 15 is 0 Å². The number of alkyl carbamates (subject to hydrolysis) is 1. The molecule has 0 spiro atoms. The first-order valence-electron chi connectivity index (χ1n) is 9.90. The molecule has 2 N–H and O–H groups in total. The highest BCUT2D eigenvalue weighted by Gasteiger charge is 2.22. The second kappa shape index (κ2) is 7.95. The van der Waals surface area contributed by atoms with E-state index in [1.807, 2.05) is 31.2 Å². The maximum absolute atomic E-state index is 12.0. The van der Waals surface area contributed by atoms with Gasteiger partial charge in [-0.25, -0.2) is 9.59 Å². The van der Waals surface area contributed by atoms with Crippen molar-refractivity contribution in [3.63, 3.8) is 0 Å². The lowest BCUT2D eigenvalue weighted by Gasteiger charge is -2.18. The summed E-state index contributed by atoms with van der Waals surface area (Å²) in [5.74, 6) is -1.08. The van der Waals surface area contributed by atoms with E-state index in [1.165, 1.54) is 5.39 Å². The fourth-order valence-corrected chi connectivity index (χ4v) is 3.89. The number of carboxylic acid groups (broad SMARTS) is 1. The third-order valence-corrected chi connectivity index (χ3v) is 5.36. The second-order valence-corrected chi connectivity index (χ2v) is 7.31. The third kappa shape index (κ3) is 3.68. The van der Waals surface area contributed by atoms with Crippen molar-refractivity contribution >= 4 is 44.4 Å². The van der Waals surface area contributed by atoms with Crippen molar-refractivity contribution in [3.05, 3.63) is 60.2 Å². The van der Waals surface area contributed by atoms with Crippen molar-refractivity contribution in [2.45, 2.75) is 32.2 Å². The fourth-order valence-electron chi connectivity index (χ4n) is 3.89. The molecule has 4 aromatic carbocycles. The number of unbranched alkanes of at least 4 members (excludes halogenated alkanes) is 1. The largest absolute Gasteiger partial charge is 0.480 e. The van der Waals surface area contributed by atoms with Gasteiger partial charge in [0, 0.05) is 6.42 Å². The lowest BCUT2D eigenvalue weighted by Crippen LogP contribution is -2.42. The number of benzene rings is 4. The molecule has 0 aliphatic heterocycles. The zero-order chi connectivity index (χ0) is 20.4. The van der Waals surface area contributed by atoms with Gasteiger partial charge in [0.25, 0.3) is 0 Å². The molecule has 0 aromatic heterocycles. The lowest BCUT2D eigenvalue weighted by molar-refractivity contribution is -0.139. The molecule has 1 unspecified atom stereocenters. The molecule has 0 saturated carbocycles. The van der Waals surface area contributed by atoms with Crippen LogP contribution in [-0.4, -0.2) is 29.8 Å². The third-order valence-electron chi connectivity index (χ3n) is 5.36. The molecule has 5 nitrogen and oxygen atoms in total. The predicted molar refractivity (Wildman–Crippen MR) is 115 cm³/mol. The van der Waals surface area contributed by atoms with Crippen molar-refractivity contribution in [2.75, 3.05) is 6.61 Å². The van der Waals surface area contributed by atoms with Gasteiger partial charge in [-0.2, -0.15) is 0 Å². The number of rotatable bonds is 7. The highest BCUT2D eigenvalue weighted by atomic mass is 16.5. The summed E-state index contributed by atoms with van der Waals surface area (Å²) in [6, 6.07) is 17.4. The van der Waals surface area contributed by atoms with Crippen molar-refractivity contribution in [1.82, 2.24) is 5.32 Å². The van der Waals surface area contributed by atoms with E-state index in [0.717, 1.165) is 45.3 Å². The summed E-state index contributed by atoms with van der Waals surface area (Å²) in [4.78, 5) is 23.7. The lowest BCUT2D eigenvalue weighted by atomic mass is 9.90. The maximum atomic E-state index is 12.0. The minimum Gasteiger partial charge on any atom is -0.480 e. The second-order valence-electron chi connectivity index (χ2n) is 7.31. The smallest absolute Gasteiger partial charge is 0.407 e. The number of ether oxygens (including phenoxy) is 1. The number of carbonyl (C=O) groups is 2. The van der Waals surface area contributed by atoms with Crippen LogP contribution in [0.15, 0.2) is 54.6 Å². The number of nitrogens with one attached hydrogen (secondary N) is 1. The molecule has 1 atom stereocenters. The van der Waals surface area contributed by atoms with Crippen molar-refractivity contribution < 1.29 is 19.4 Å². The quantitative estimate of drug-likeness (QED) is 0.340. The SMILES string of the molecule is CCCCOC(=O)NC(Cc1ccc2ccc3cccc4ccc1c2c34)C(=O)O. The average molecular weight is 389 g/mol. The molecule has 0 radical (unpaired) electrons. The van der Waals surface area contributed by atoms with E-state index in [9.17, 15) is 14.7 Å². The fraction of sp³-hybridized carbons (Fsp3) is 0.250. The van der Waals surface area contributed by atoms with E-state index in [4.69, 9.17) is 4.74 Å². The Morgan fingerprint density at radius 2 is 1.62 bits per heavy atom. The number of aliphatic carboxylic acids is 1. The van der Waals surface area contributed by atoms with E-state index < -0.39 is 18.1 Å². The van der Waals surface area contributed by atoms with Crippen LogP contribution in [0.1, 0.15) is 25.3 Å². The molecule has 4 aromatic rings. The average Bonchev–Trinajstić information content (AvgIpc) is 2.72. The van der Waals surface area contributed by atoms with Crippen LogP contribution >= 0.6 is 0 Å². The summed E-state index contributed by atoms with van der Waals surface area (Å²) in [7, 11) is 0. The summed E-state index contributed by atoms with van der Waals surface area (Å²) >= 11 is 0. The van der Waals surface area contributed by atoms with Crippen molar-refractivity contribution in [1.29, 1.82) is 0 Å². The van der Waals surface area contributed by atoms with Crippen LogP contribution in [0.4, 0.5) is 4.79 Å². The van der Waals surface area contributed by atoms with E-state index in [2.05, 4.69) is 35.6 Å². The Morgan fingerprint density at radius 3 is 2.31 bits per heavy atom. The van der Waals surface area contributed by atoms with Crippen LogP contribution in [-0.2, 0) is 16.0 Å². The van der Waals surface area contributed by atoms with Gasteiger partial charge in [-0.3, -0.25) is 0 Å².